The van der Waals surface area contributed by atoms with Crippen molar-refractivity contribution in [3.8, 4) is 0 Å². The van der Waals surface area contributed by atoms with E-state index in [0.717, 1.165) is 44.9 Å². The van der Waals surface area contributed by atoms with Crippen LogP contribution in [0.2, 0.25) is 0 Å². The molecule has 13 heteroatoms. The van der Waals surface area contributed by atoms with Crippen molar-refractivity contribution < 1.29 is 56.2 Å². The van der Waals surface area contributed by atoms with Gasteiger partial charge < -0.3 is 34.3 Å². The van der Waals surface area contributed by atoms with E-state index in [4.69, 9.17) is 23.5 Å². The van der Waals surface area contributed by atoms with Crippen molar-refractivity contribution in [3.63, 3.8) is 0 Å². The van der Waals surface area contributed by atoms with E-state index in [2.05, 4.69) is 30.2 Å². The molecular weight excluding hydrogens is 692 g/mol. The molecule has 1 saturated heterocycles. The fourth-order valence-electron chi connectivity index (χ4n) is 6.25. The largest absolute Gasteiger partial charge is 0.457 e. The third-order valence-electron chi connectivity index (χ3n) is 9.39. The van der Waals surface area contributed by atoms with Crippen molar-refractivity contribution in [1.29, 1.82) is 0 Å². The number of hydrogen-bond acceptors (Lipinski definition) is 11. The average molecular weight is 767 g/mol. The summed E-state index contributed by atoms with van der Waals surface area (Å²) in [6, 6.07) is 0. The van der Waals surface area contributed by atoms with E-state index >= 15 is 0 Å². The predicted molar refractivity (Wildman–Crippen MR) is 202 cm³/mol. The van der Waals surface area contributed by atoms with Gasteiger partial charge in [0.1, 0.15) is 30.5 Å². The highest BCUT2D eigenvalue weighted by Crippen LogP contribution is 2.26. The van der Waals surface area contributed by atoms with Gasteiger partial charge >= 0.3 is 16.4 Å². The zero-order valence-electron chi connectivity index (χ0n) is 32.4. The molecule has 308 valence electrons. The van der Waals surface area contributed by atoms with Gasteiger partial charge in [0.05, 0.1) is 19.8 Å². The SMILES string of the molecule is CCCCCC/C=C\CCCCCCCCOCC(COC1OC(CO)C(O)C(OS(=O)(=O)O)C1O)OC(=O)CCCCCCCCCCCCC. The van der Waals surface area contributed by atoms with E-state index in [1.54, 1.807) is 0 Å². The number of esters is 1. The molecule has 0 bridgehead atoms. The molecule has 1 fully saturated rings. The zero-order chi connectivity index (χ0) is 38.3. The summed E-state index contributed by atoms with van der Waals surface area (Å²) in [6.07, 6.45) is 22.5. The van der Waals surface area contributed by atoms with E-state index in [-0.39, 0.29) is 19.6 Å². The fourth-order valence-corrected chi connectivity index (χ4v) is 6.76. The van der Waals surface area contributed by atoms with E-state index in [1.807, 2.05) is 0 Å². The van der Waals surface area contributed by atoms with Gasteiger partial charge in [-0.3, -0.25) is 9.35 Å². The Morgan fingerprint density at radius 2 is 1.21 bits per heavy atom. The zero-order valence-corrected chi connectivity index (χ0v) is 33.2. The molecule has 0 aliphatic carbocycles. The molecule has 1 rings (SSSR count). The number of hydrogen-bond donors (Lipinski definition) is 4. The number of allylic oxidation sites excluding steroid dienone is 2. The molecule has 52 heavy (non-hydrogen) atoms. The Kier molecular flexibility index (Phi) is 30.2. The summed E-state index contributed by atoms with van der Waals surface area (Å²) in [7, 11) is -5.05. The van der Waals surface area contributed by atoms with Crippen LogP contribution in [-0.4, -0.2) is 97.5 Å². The Morgan fingerprint density at radius 3 is 1.75 bits per heavy atom. The standard InChI is InChI=1S/C39H74O12S/c1-3-5-7-9-11-13-15-16-17-19-21-23-25-27-29-47-31-33(49-35(41)28-26-24-22-20-18-14-12-10-8-6-4-2)32-48-39-37(43)38(51-52(44,45)46)36(42)34(30-40)50-39/h13,15,33-34,36-40,42-43H,3-12,14,16-32H2,1-2H3,(H,44,45,46)/b15-13-. The maximum Gasteiger partial charge on any atom is 0.397 e. The van der Waals surface area contributed by atoms with Gasteiger partial charge in [-0.2, -0.15) is 8.42 Å². The highest BCUT2D eigenvalue weighted by atomic mass is 32.3. The lowest BCUT2D eigenvalue weighted by Crippen LogP contribution is -2.60. The second kappa shape index (κ2) is 32.1. The number of rotatable bonds is 35. The second-order valence-electron chi connectivity index (χ2n) is 14.2. The van der Waals surface area contributed by atoms with Crippen LogP contribution in [0.15, 0.2) is 12.2 Å². The number of unbranched alkanes of at least 4 members (excludes halogenated alkanes) is 20. The van der Waals surface area contributed by atoms with Crippen molar-refractivity contribution in [2.24, 2.45) is 0 Å². The van der Waals surface area contributed by atoms with E-state index < -0.39 is 59.8 Å². The fraction of sp³-hybridized carbons (Fsp3) is 0.923. The van der Waals surface area contributed by atoms with Crippen LogP contribution in [0, 0.1) is 0 Å². The number of carbonyl (C=O) groups excluding carboxylic acids is 1. The molecular formula is C39H74O12S. The number of ether oxygens (including phenoxy) is 4. The van der Waals surface area contributed by atoms with Gasteiger partial charge in [-0.05, 0) is 38.5 Å². The van der Waals surface area contributed by atoms with Crippen molar-refractivity contribution in [3.05, 3.63) is 12.2 Å². The minimum atomic E-state index is -5.05. The van der Waals surface area contributed by atoms with Crippen LogP contribution >= 0.6 is 0 Å². The first-order valence-electron chi connectivity index (χ1n) is 20.4. The molecule has 0 aromatic rings. The van der Waals surface area contributed by atoms with Gasteiger partial charge in [-0.25, -0.2) is 4.18 Å². The van der Waals surface area contributed by atoms with Gasteiger partial charge in [0.25, 0.3) is 0 Å². The van der Waals surface area contributed by atoms with Gasteiger partial charge in [0.15, 0.2) is 6.29 Å². The molecule has 12 nitrogen and oxygen atoms in total. The highest BCUT2D eigenvalue weighted by molar-refractivity contribution is 7.80. The first-order chi connectivity index (χ1) is 25.1. The third-order valence-corrected chi connectivity index (χ3v) is 9.85. The van der Waals surface area contributed by atoms with Crippen molar-refractivity contribution >= 4 is 16.4 Å². The van der Waals surface area contributed by atoms with E-state index in [9.17, 15) is 28.5 Å². The Bertz CT molecular complexity index is 978. The van der Waals surface area contributed by atoms with Crippen LogP contribution in [-0.2, 0) is 38.3 Å². The molecule has 0 aromatic heterocycles. The Labute approximate surface area is 315 Å². The summed E-state index contributed by atoms with van der Waals surface area (Å²) in [5.74, 6) is -0.402. The summed E-state index contributed by atoms with van der Waals surface area (Å²) < 4.78 is 58.8. The first kappa shape index (κ1) is 48.9. The molecule has 0 aromatic carbocycles. The van der Waals surface area contributed by atoms with Crippen LogP contribution in [0.5, 0.6) is 0 Å². The maximum absolute atomic E-state index is 12.8. The van der Waals surface area contributed by atoms with Crippen LogP contribution in [0.3, 0.4) is 0 Å². The van der Waals surface area contributed by atoms with Crippen molar-refractivity contribution in [1.82, 2.24) is 0 Å². The average Bonchev–Trinajstić information content (AvgIpc) is 3.11. The van der Waals surface area contributed by atoms with Crippen molar-refractivity contribution in [2.75, 3.05) is 26.4 Å². The molecule has 0 spiro atoms. The molecule has 4 N–H and O–H groups in total. The molecule has 6 unspecified atom stereocenters. The normalized spacial score (nSPS) is 21.5. The quantitative estimate of drug-likeness (QED) is 0.0216. The summed E-state index contributed by atoms with van der Waals surface area (Å²) in [5.41, 5.74) is 0. The van der Waals surface area contributed by atoms with Crippen LogP contribution in [0.1, 0.15) is 168 Å². The molecule has 6 atom stereocenters. The monoisotopic (exact) mass is 766 g/mol. The minimum Gasteiger partial charge on any atom is -0.457 e. The van der Waals surface area contributed by atoms with Gasteiger partial charge in [-0.1, -0.05) is 135 Å². The van der Waals surface area contributed by atoms with Crippen molar-refractivity contribution in [2.45, 2.75) is 205 Å². The lowest BCUT2D eigenvalue weighted by Gasteiger charge is -2.41. The topological polar surface area (TPSA) is 178 Å². The van der Waals surface area contributed by atoms with Crippen LogP contribution in [0.4, 0.5) is 0 Å². The van der Waals surface area contributed by atoms with E-state index in [1.165, 1.54) is 96.3 Å². The number of aliphatic hydroxyl groups excluding tert-OH is 3. The van der Waals surface area contributed by atoms with E-state index in [0.29, 0.717) is 13.0 Å². The predicted octanol–water partition coefficient (Wildman–Crippen LogP) is 7.52. The summed E-state index contributed by atoms with van der Waals surface area (Å²) in [6.45, 7) is 3.95. The molecule has 0 amide bonds. The minimum absolute atomic E-state index is 0.0363. The van der Waals surface area contributed by atoms with Gasteiger partial charge in [0, 0.05) is 13.0 Å². The van der Waals surface area contributed by atoms with Gasteiger partial charge in [-0.15, -0.1) is 0 Å². The van der Waals surface area contributed by atoms with Crippen LogP contribution in [0.25, 0.3) is 0 Å². The number of carbonyl (C=O) groups is 1. The Morgan fingerprint density at radius 1 is 0.712 bits per heavy atom. The maximum atomic E-state index is 12.8. The summed E-state index contributed by atoms with van der Waals surface area (Å²) in [5, 5.41) is 30.5. The van der Waals surface area contributed by atoms with Crippen LogP contribution < -0.4 is 0 Å². The molecule has 0 radical (unpaired) electrons. The number of aliphatic hydroxyl groups is 3. The Hall–Kier alpha value is -1.16. The molecule has 1 heterocycles. The lowest BCUT2D eigenvalue weighted by atomic mass is 9.99. The summed E-state index contributed by atoms with van der Waals surface area (Å²) in [4.78, 5) is 12.8. The Balaban J connectivity index is 2.48. The third kappa shape index (κ3) is 25.8. The lowest BCUT2D eigenvalue weighted by molar-refractivity contribution is -0.301. The highest BCUT2D eigenvalue weighted by Gasteiger charge is 2.48. The molecule has 1 aliphatic heterocycles. The summed E-state index contributed by atoms with van der Waals surface area (Å²) >= 11 is 0. The first-order valence-corrected chi connectivity index (χ1v) is 21.8. The smallest absolute Gasteiger partial charge is 0.397 e. The second-order valence-corrected chi connectivity index (χ2v) is 15.3. The molecule has 1 aliphatic rings. The van der Waals surface area contributed by atoms with Gasteiger partial charge in [0.2, 0.25) is 0 Å². The molecule has 0 saturated carbocycles.